The highest BCUT2D eigenvalue weighted by Gasteiger charge is 2.21. The van der Waals surface area contributed by atoms with Gasteiger partial charge in [-0.1, -0.05) is 6.07 Å². The summed E-state index contributed by atoms with van der Waals surface area (Å²) < 4.78 is 1.99. The highest BCUT2D eigenvalue weighted by atomic mass is 16.1. The highest BCUT2D eigenvalue weighted by molar-refractivity contribution is 5.92. The number of carbonyl (C=O) groups excluding carboxylic acids is 1. The predicted molar refractivity (Wildman–Crippen MR) is 100 cm³/mol. The van der Waals surface area contributed by atoms with E-state index in [1.807, 2.05) is 21.6 Å². The molecule has 9 nitrogen and oxygen atoms in total. The zero-order chi connectivity index (χ0) is 19.3. The molecule has 0 atom stereocenters. The summed E-state index contributed by atoms with van der Waals surface area (Å²) in [5, 5.41) is 12.1. The van der Waals surface area contributed by atoms with Gasteiger partial charge in [-0.3, -0.25) is 9.78 Å². The van der Waals surface area contributed by atoms with Gasteiger partial charge in [-0.15, -0.1) is 0 Å². The van der Waals surface area contributed by atoms with Gasteiger partial charge >= 0.3 is 0 Å². The van der Waals surface area contributed by atoms with Crippen LogP contribution in [0.3, 0.4) is 0 Å². The third kappa shape index (κ3) is 3.66. The summed E-state index contributed by atoms with van der Waals surface area (Å²) in [5.41, 5.74) is 1.66. The molecule has 0 unspecified atom stereocenters. The minimum absolute atomic E-state index is 0.207. The van der Waals surface area contributed by atoms with E-state index in [0.29, 0.717) is 49.8 Å². The molecule has 1 amide bonds. The Labute approximate surface area is 161 Å². The minimum atomic E-state index is -0.207. The van der Waals surface area contributed by atoms with Gasteiger partial charge in [-0.2, -0.15) is 5.26 Å². The second-order valence-corrected chi connectivity index (χ2v) is 6.36. The number of hydrogen-bond acceptors (Lipinski definition) is 7. The van der Waals surface area contributed by atoms with Crippen molar-refractivity contribution < 1.29 is 4.79 Å². The van der Waals surface area contributed by atoms with E-state index in [0.717, 1.165) is 11.4 Å². The van der Waals surface area contributed by atoms with Crippen molar-refractivity contribution in [2.45, 2.75) is 19.5 Å². The molecule has 4 heterocycles. The molecule has 28 heavy (non-hydrogen) atoms. The van der Waals surface area contributed by atoms with Crippen molar-refractivity contribution in [3.05, 3.63) is 65.9 Å². The zero-order valence-corrected chi connectivity index (χ0v) is 15.1. The largest absolute Gasteiger partial charge is 0.352 e. The quantitative estimate of drug-likeness (QED) is 0.723. The van der Waals surface area contributed by atoms with Crippen molar-refractivity contribution in [1.82, 2.24) is 29.8 Å². The Bertz CT molecular complexity index is 998. The maximum absolute atomic E-state index is 12.4. The van der Waals surface area contributed by atoms with Crippen molar-refractivity contribution in [3.63, 3.8) is 0 Å². The van der Waals surface area contributed by atoms with E-state index in [1.165, 1.54) is 6.20 Å². The van der Waals surface area contributed by atoms with Gasteiger partial charge in [-0.25, -0.2) is 15.0 Å². The summed E-state index contributed by atoms with van der Waals surface area (Å²) >= 11 is 0. The van der Waals surface area contributed by atoms with Gasteiger partial charge in [-0.05, 0) is 11.6 Å². The van der Waals surface area contributed by atoms with E-state index in [-0.39, 0.29) is 5.91 Å². The van der Waals surface area contributed by atoms with Crippen molar-refractivity contribution in [3.8, 4) is 6.07 Å². The first-order valence-corrected chi connectivity index (χ1v) is 8.94. The van der Waals surface area contributed by atoms with Crippen LogP contribution in [-0.2, 0) is 19.5 Å². The molecular weight excluding hydrogens is 356 g/mol. The Morgan fingerprint density at radius 3 is 2.93 bits per heavy atom. The van der Waals surface area contributed by atoms with Crippen molar-refractivity contribution in [2.75, 3.05) is 18.0 Å². The normalized spacial score (nSPS) is 13.3. The summed E-state index contributed by atoms with van der Waals surface area (Å²) in [4.78, 5) is 31.4. The maximum Gasteiger partial charge on any atom is 0.271 e. The van der Waals surface area contributed by atoms with Crippen LogP contribution in [0, 0.1) is 11.3 Å². The standard InChI is InChI=1S/C19H18N8O/c20-10-15-18(23-6-5-22-15)26-7-3-17-25-16(13-27(17)9-8-26)19(28)24-12-14-2-1-4-21-11-14/h1-2,4-6,11,13H,3,7-9,12H2,(H,24,28). The first kappa shape index (κ1) is 17.6. The SMILES string of the molecule is N#Cc1nccnc1N1CCc2nc(C(=O)NCc3cccnc3)cn2CC1. The van der Waals surface area contributed by atoms with Gasteiger partial charge < -0.3 is 14.8 Å². The number of amides is 1. The van der Waals surface area contributed by atoms with E-state index in [4.69, 9.17) is 0 Å². The molecular formula is C19H18N8O. The van der Waals surface area contributed by atoms with E-state index < -0.39 is 0 Å². The molecule has 3 aromatic heterocycles. The molecule has 0 aromatic carbocycles. The molecule has 4 rings (SSSR count). The Hall–Kier alpha value is -3.80. The molecule has 0 radical (unpaired) electrons. The molecule has 1 aliphatic heterocycles. The van der Waals surface area contributed by atoms with Crippen LogP contribution in [0.4, 0.5) is 5.82 Å². The predicted octanol–water partition coefficient (Wildman–Crippen LogP) is 0.932. The molecule has 0 fully saturated rings. The molecule has 3 aromatic rings. The van der Waals surface area contributed by atoms with E-state index in [1.54, 1.807) is 24.8 Å². The summed E-state index contributed by atoms with van der Waals surface area (Å²) in [6.45, 7) is 2.38. The maximum atomic E-state index is 12.4. The third-order valence-corrected chi connectivity index (χ3v) is 4.57. The number of nitrogens with one attached hydrogen (secondary N) is 1. The Kier molecular flexibility index (Phi) is 4.93. The Morgan fingerprint density at radius 1 is 1.21 bits per heavy atom. The van der Waals surface area contributed by atoms with Crippen LogP contribution in [-0.4, -0.2) is 43.5 Å². The van der Waals surface area contributed by atoms with Gasteiger partial charge in [0.05, 0.1) is 0 Å². The number of imidazole rings is 1. The summed E-state index contributed by atoms with van der Waals surface area (Å²) in [6.07, 6.45) is 8.95. The fourth-order valence-corrected chi connectivity index (χ4v) is 3.16. The highest BCUT2D eigenvalue weighted by Crippen LogP contribution is 2.18. The molecule has 0 saturated heterocycles. The van der Waals surface area contributed by atoms with Crippen molar-refractivity contribution in [1.29, 1.82) is 5.26 Å². The lowest BCUT2D eigenvalue weighted by Gasteiger charge is -2.21. The lowest BCUT2D eigenvalue weighted by atomic mass is 10.3. The van der Waals surface area contributed by atoms with E-state index in [9.17, 15) is 10.1 Å². The second kappa shape index (κ2) is 7.84. The van der Waals surface area contributed by atoms with Gasteiger partial charge in [0.15, 0.2) is 11.5 Å². The van der Waals surface area contributed by atoms with Crippen LogP contribution in [0.2, 0.25) is 0 Å². The summed E-state index contributed by atoms with van der Waals surface area (Å²) in [5.74, 6) is 1.23. The number of carbonyl (C=O) groups is 1. The number of hydrogen-bond donors (Lipinski definition) is 1. The number of fused-ring (bicyclic) bond motifs is 1. The van der Waals surface area contributed by atoms with Crippen LogP contribution >= 0.6 is 0 Å². The van der Waals surface area contributed by atoms with E-state index >= 15 is 0 Å². The Balaban J connectivity index is 1.42. The lowest BCUT2D eigenvalue weighted by Crippen LogP contribution is -2.28. The summed E-state index contributed by atoms with van der Waals surface area (Å²) in [6, 6.07) is 5.83. The fourth-order valence-electron chi connectivity index (χ4n) is 3.16. The number of nitriles is 1. The Morgan fingerprint density at radius 2 is 2.11 bits per heavy atom. The number of pyridine rings is 1. The number of anilines is 1. The van der Waals surface area contributed by atoms with Crippen LogP contribution in [0.25, 0.3) is 0 Å². The van der Waals surface area contributed by atoms with Crippen molar-refractivity contribution >= 4 is 11.7 Å². The first-order valence-electron chi connectivity index (χ1n) is 8.94. The van der Waals surface area contributed by atoms with Crippen LogP contribution in [0.5, 0.6) is 0 Å². The lowest BCUT2D eigenvalue weighted by molar-refractivity contribution is 0.0946. The fraction of sp³-hybridized carbons (Fsp3) is 0.263. The molecule has 0 bridgehead atoms. The van der Waals surface area contributed by atoms with Crippen LogP contribution in [0.15, 0.2) is 43.1 Å². The zero-order valence-electron chi connectivity index (χ0n) is 15.1. The minimum Gasteiger partial charge on any atom is -0.352 e. The number of aromatic nitrogens is 5. The van der Waals surface area contributed by atoms with Crippen LogP contribution in [0.1, 0.15) is 27.6 Å². The molecule has 1 N–H and O–H groups in total. The van der Waals surface area contributed by atoms with Gasteiger partial charge in [0, 0.05) is 63.6 Å². The van der Waals surface area contributed by atoms with Gasteiger partial charge in [0.25, 0.3) is 5.91 Å². The monoisotopic (exact) mass is 374 g/mol. The molecule has 1 aliphatic rings. The first-order chi connectivity index (χ1) is 13.7. The molecule has 0 saturated carbocycles. The second-order valence-electron chi connectivity index (χ2n) is 6.36. The number of nitrogens with zero attached hydrogens (tertiary/aromatic N) is 7. The average molecular weight is 374 g/mol. The summed E-state index contributed by atoms with van der Waals surface area (Å²) in [7, 11) is 0. The smallest absolute Gasteiger partial charge is 0.271 e. The van der Waals surface area contributed by atoms with Crippen molar-refractivity contribution in [2.24, 2.45) is 0 Å². The molecule has 0 aliphatic carbocycles. The molecule has 0 spiro atoms. The van der Waals surface area contributed by atoms with Gasteiger partial charge in [0.2, 0.25) is 0 Å². The molecule has 9 heteroatoms. The third-order valence-electron chi connectivity index (χ3n) is 4.57. The average Bonchev–Trinajstić information content (AvgIpc) is 3.06. The number of rotatable bonds is 4. The molecule has 140 valence electrons. The van der Waals surface area contributed by atoms with Crippen LogP contribution < -0.4 is 10.2 Å². The topological polar surface area (TPSA) is 113 Å². The van der Waals surface area contributed by atoms with Gasteiger partial charge in [0.1, 0.15) is 17.6 Å². The van der Waals surface area contributed by atoms with E-state index in [2.05, 4.69) is 31.3 Å².